The molecule has 0 fully saturated rings. The zero-order chi connectivity index (χ0) is 15.0. The quantitative estimate of drug-likeness (QED) is 0.657. The summed E-state index contributed by atoms with van der Waals surface area (Å²) in [7, 11) is 1.95. The molecule has 3 N–H and O–H groups in total. The number of phenols is 1. The molecular weight excluding hydrogens is 350 g/mol. The second kappa shape index (κ2) is 5.87. The van der Waals surface area contributed by atoms with E-state index >= 15 is 0 Å². The number of pyridine rings is 1. The second-order valence-electron chi connectivity index (χ2n) is 4.86. The minimum Gasteiger partial charge on any atom is -0.507 e. The van der Waals surface area contributed by atoms with Crippen LogP contribution in [0.1, 0.15) is 11.7 Å². The summed E-state index contributed by atoms with van der Waals surface area (Å²) in [5.41, 5.74) is 3.02. The number of hydrogen-bond acceptors (Lipinski definition) is 4. The van der Waals surface area contributed by atoms with Gasteiger partial charge in [0.2, 0.25) is 0 Å². The van der Waals surface area contributed by atoms with Gasteiger partial charge in [0.15, 0.2) is 0 Å². The monoisotopic (exact) mass is 365 g/mol. The van der Waals surface area contributed by atoms with E-state index in [0.29, 0.717) is 4.47 Å². The molecule has 0 bridgehead atoms. The number of phenolic OH excluding ortho intramolecular Hbond substituents is 1. The second-order valence-corrected chi connectivity index (χ2v) is 6.57. The van der Waals surface area contributed by atoms with E-state index in [1.807, 2.05) is 25.4 Å². The molecule has 0 saturated carbocycles. The van der Waals surface area contributed by atoms with E-state index in [1.165, 1.54) is 0 Å². The Morgan fingerprint density at radius 3 is 2.95 bits per heavy atom. The summed E-state index contributed by atoms with van der Waals surface area (Å²) in [5.74, 6) is 1.20. The molecule has 0 radical (unpaired) electrons. The molecular formula is C15H16BrN3OS. The van der Waals surface area contributed by atoms with E-state index in [0.717, 1.165) is 33.3 Å². The molecule has 4 nitrogen and oxygen atoms in total. The number of fused-ring (bicyclic) bond motifs is 3. The standard InChI is InChI=1S/C15H16BrN3OS/c1-17-10(7-21-2)15-14-8(5-6-18-15)12-9(19-14)3-4-11(20)13(12)16/h3-6,10,17,19-20H,7H2,1-2H3/t10-/m1/s1. The number of aromatic nitrogens is 2. The third kappa shape index (κ3) is 2.41. The highest BCUT2D eigenvalue weighted by Gasteiger charge is 2.18. The van der Waals surface area contributed by atoms with Crippen molar-refractivity contribution >= 4 is 49.5 Å². The zero-order valence-corrected chi connectivity index (χ0v) is 14.2. The zero-order valence-electron chi connectivity index (χ0n) is 11.8. The third-order valence-corrected chi connectivity index (χ3v) is 5.11. The van der Waals surface area contributed by atoms with E-state index < -0.39 is 0 Å². The van der Waals surface area contributed by atoms with E-state index in [1.54, 1.807) is 17.8 Å². The molecule has 0 amide bonds. The third-order valence-electron chi connectivity index (χ3n) is 3.64. The summed E-state index contributed by atoms with van der Waals surface area (Å²) in [6.45, 7) is 0. The van der Waals surface area contributed by atoms with Crippen molar-refractivity contribution < 1.29 is 5.11 Å². The molecule has 0 aliphatic carbocycles. The molecule has 3 aromatic rings. The molecule has 0 spiro atoms. The minimum atomic E-state index is 0.184. The summed E-state index contributed by atoms with van der Waals surface area (Å²) < 4.78 is 0.717. The number of aromatic hydroxyl groups is 1. The fraction of sp³-hybridized carbons (Fsp3) is 0.267. The Kier molecular flexibility index (Phi) is 4.10. The first-order valence-electron chi connectivity index (χ1n) is 6.61. The van der Waals surface area contributed by atoms with Gasteiger partial charge in [-0.05, 0) is 47.4 Å². The molecule has 2 aromatic heterocycles. The number of halogens is 1. The fourth-order valence-electron chi connectivity index (χ4n) is 2.61. The lowest BCUT2D eigenvalue weighted by Crippen LogP contribution is -2.20. The Morgan fingerprint density at radius 2 is 2.24 bits per heavy atom. The van der Waals surface area contributed by atoms with E-state index in [-0.39, 0.29) is 11.8 Å². The predicted molar refractivity (Wildman–Crippen MR) is 93.1 cm³/mol. The smallest absolute Gasteiger partial charge is 0.130 e. The Balaban J connectivity index is 2.32. The van der Waals surface area contributed by atoms with Crippen molar-refractivity contribution in [3.8, 4) is 5.75 Å². The maximum atomic E-state index is 9.91. The van der Waals surface area contributed by atoms with Crippen LogP contribution in [0.2, 0.25) is 0 Å². The van der Waals surface area contributed by atoms with Gasteiger partial charge < -0.3 is 15.4 Å². The predicted octanol–water partition coefficient (Wildman–Crippen LogP) is 3.81. The van der Waals surface area contributed by atoms with Crippen LogP contribution in [0.15, 0.2) is 28.9 Å². The number of thioether (sulfide) groups is 1. The maximum absolute atomic E-state index is 9.91. The van der Waals surface area contributed by atoms with Crippen molar-refractivity contribution in [1.29, 1.82) is 0 Å². The molecule has 21 heavy (non-hydrogen) atoms. The number of nitrogens with zero attached hydrogens (tertiary/aromatic N) is 1. The number of H-pyrrole nitrogens is 1. The first kappa shape index (κ1) is 14.7. The summed E-state index contributed by atoms with van der Waals surface area (Å²) in [6.07, 6.45) is 3.91. The molecule has 3 rings (SSSR count). The highest BCUT2D eigenvalue weighted by Crippen LogP contribution is 2.38. The van der Waals surface area contributed by atoms with Gasteiger partial charge in [0.1, 0.15) is 5.75 Å². The molecule has 0 saturated heterocycles. The first-order valence-corrected chi connectivity index (χ1v) is 8.80. The summed E-state index contributed by atoms with van der Waals surface area (Å²) >= 11 is 5.26. The Bertz CT molecular complexity index is 802. The normalized spacial score (nSPS) is 13.1. The Morgan fingerprint density at radius 1 is 1.43 bits per heavy atom. The number of aromatic amines is 1. The summed E-state index contributed by atoms with van der Waals surface area (Å²) in [4.78, 5) is 7.99. The molecule has 0 unspecified atom stereocenters. The van der Waals surface area contributed by atoms with Gasteiger partial charge in [0, 0.05) is 28.2 Å². The van der Waals surface area contributed by atoms with E-state index in [2.05, 4.69) is 37.5 Å². The number of nitrogens with one attached hydrogen (secondary N) is 2. The Labute approximate surface area is 135 Å². The summed E-state index contributed by atoms with van der Waals surface area (Å²) in [5, 5.41) is 15.3. The summed E-state index contributed by atoms with van der Waals surface area (Å²) in [6, 6.07) is 5.74. The lowest BCUT2D eigenvalue weighted by molar-refractivity contribution is 0.473. The van der Waals surface area contributed by atoms with Crippen molar-refractivity contribution in [2.75, 3.05) is 19.1 Å². The van der Waals surface area contributed by atoms with Crippen LogP contribution in [0.25, 0.3) is 21.8 Å². The first-order chi connectivity index (χ1) is 10.2. The van der Waals surface area contributed by atoms with Crippen molar-refractivity contribution in [2.45, 2.75) is 6.04 Å². The van der Waals surface area contributed by atoms with Gasteiger partial charge in [-0.25, -0.2) is 0 Å². The van der Waals surface area contributed by atoms with Crippen LogP contribution < -0.4 is 5.32 Å². The fourth-order valence-corrected chi connectivity index (χ4v) is 3.83. The van der Waals surface area contributed by atoms with Crippen LogP contribution in [-0.4, -0.2) is 34.1 Å². The highest BCUT2D eigenvalue weighted by atomic mass is 79.9. The van der Waals surface area contributed by atoms with Crippen LogP contribution >= 0.6 is 27.7 Å². The topological polar surface area (TPSA) is 60.9 Å². The average Bonchev–Trinajstić information content (AvgIpc) is 2.88. The van der Waals surface area contributed by atoms with Crippen molar-refractivity contribution in [2.24, 2.45) is 0 Å². The van der Waals surface area contributed by atoms with Crippen LogP contribution in [0, 0.1) is 0 Å². The van der Waals surface area contributed by atoms with E-state index in [9.17, 15) is 5.11 Å². The van der Waals surface area contributed by atoms with Gasteiger partial charge in [-0.1, -0.05) is 0 Å². The Hall–Kier alpha value is -1.24. The molecule has 6 heteroatoms. The lowest BCUT2D eigenvalue weighted by atomic mass is 10.1. The average molecular weight is 366 g/mol. The molecule has 1 atom stereocenters. The van der Waals surface area contributed by atoms with Crippen molar-refractivity contribution in [1.82, 2.24) is 15.3 Å². The number of hydrogen-bond donors (Lipinski definition) is 3. The molecule has 2 heterocycles. The van der Waals surface area contributed by atoms with Crippen LogP contribution in [0.5, 0.6) is 5.75 Å². The van der Waals surface area contributed by atoms with Crippen molar-refractivity contribution in [3.63, 3.8) is 0 Å². The van der Waals surface area contributed by atoms with Crippen LogP contribution in [0.3, 0.4) is 0 Å². The van der Waals surface area contributed by atoms with Gasteiger partial charge in [0.25, 0.3) is 0 Å². The molecule has 110 valence electrons. The number of benzene rings is 1. The minimum absolute atomic E-state index is 0.184. The van der Waals surface area contributed by atoms with Crippen LogP contribution in [-0.2, 0) is 0 Å². The molecule has 0 aliphatic heterocycles. The van der Waals surface area contributed by atoms with Gasteiger partial charge in [-0.15, -0.1) is 0 Å². The highest BCUT2D eigenvalue weighted by molar-refractivity contribution is 9.10. The van der Waals surface area contributed by atoms with Gasteiger partial charge in [-0.3, -0.25) is 4.98 Å². The molecule has 0 aliphatic rings. The van der Waals surface area contributed by atoms with Crippen LogP contribution in [0.4, 0.5) is 0 Å². The number of rotatable bonds is 4. The van der Waals surface area contributed by atoms with Crippen molar-refractivity contribution in [3.05, 3.63) is 34.6 Å². The lowest BCUT2D eigenvalue weighted by Gasteiger charge is -2.14. The largest absolute Gasteiger partial charge is 0.507 e. The SMILES string of the molecule is CN[C@H](CSC)c1nccc2c1[nH]c1ccc(O)c(Br)c12. The van der Waals surface area contributed by atoms with Gasteiger partial charge in [-0.2, -0.15) is 11.8 Å². The van der Waals surface area contributed by atoms with Gasteiger partial charge >= 0.3 is 0 Å². The van der Waals surface area contributed by atoms with E-state index in [4.69, 9.17) is 0 Å². The maximum Gasteiger partial charge on any atom is 0.130 e. The molecule has 1 aromatic carbocycles. The van der Waals surface area contributed by atoms with Gasteiger partial charge in [0.05, 0.1) is 21.7 Å².